The van der Waals surface area contributed by atoms with E-state index in [1.54, 1.807) is 28.3 Å². The van der Waals surface area contributed by atoms with Gasteiger partial charge in [0.25, 0.3) is 0 Å². The minimum atomic E-state index is -2.96. The normalized spacial score (nSPS) is 13.2. The smallest absolute Gasteiger partial charge is 0.523 e. The average Bonchev–Trinajstić information content (AvgIpc) is 2.46. The Labute approximate surface area is 148 Å². The molecule has 0 saturated carbocycles. The lowest BCUT2D eigenvalue weighted by molar-refractivity contribution is -0.890. The summed E-state index contributed by atoms with van der Waals surface area (Å²) >= 11 is 0. The van der Waals surface area contributed by atoms with Gasteiger partial charge < -0.3 is 35.5 Å². The van der Waals surface area contributed by atoms with Crippen molar-refractivity contribution in [3.63, 3.8) is 0 Å². The highest BCUT2D eigenvalue weighted by Gasteiger charge is 2.49. The highest BCUT2D eigenvalue weighted by atomic mass is 35.5. The summed E-state index contributed by atoms with van der Waals surface area (Å²) in [6, 6.07) is 0. The van der Waals surface area contributed by atoms with Gasteiger partial charge in [-0.1, -0.05) is 13.5 Å². The number of carbonyl (C=O) groups is 1. The maximum Gasteiger partial charge on any atom is 0.523 e. The van der Waals surface area contributed by atoms with Gasteiger partial charge >= 0.3 is 8.80 Å². The first kappa shape index (κ1) is 24.8. The van der Waals surface area contributed by atoms with Crippen molar-refractivity contribution in [2.24, 2.45) is 0 Å². The number of nitrogens with one attached hydrogen (secondary N) is 1. The fourth-order valence-corrected chi connectivity index (χ4v) is 4.64. The van der Waals surface area contributed by atoms with Gasteiger partial charge in [0.2, 0.25) is 5.91 Å². The molecule has 0 aromatic carbocycles. The van der Waals surface area contributed by atoms with E-state index in [9.17, 15) is 4.79 Å². The van der Waals surface area contributed by atoms with E-state index in [0.717, 1.165) is 24.0 Å². The van der Waals surface area contributed by atoms with Gasteiger partial charge in [-0.2, -0.15) is 0 Å². The van der Waals surface area contributed by atoms with Crippen molar-refractivity contribution in [1.82, 2.24) is 5.32 Å². The lowest BCUT2D eigenvalue weighted by Crippen LogP contribution is -3.00. The summed E-state index contributed by atoms with van der Waals surface area (Å²) in [4.78, 5) is 12.0. The van der Waals surface area contributed by atoms with E-state index in [1.165, 1.54) is 0 Å². The fourth-order valence-electron chi connectivity index (χ4n) is 2.49. The molecule has 1 N–H and O–H groups in total. The van der Waals surface area contributed by atoms with Crippen molar-refractivity contribution in [1.29, 1.82) is 0 Å². The Morgan fingerprint density at radius 1 is 1.17 bits per heavy atom. The average molecular weight is 369 g/mol. The second-order valence-corrected chi connectivity index (χ2v) is 9.32. The molecular formula is C15H33ClN2O4Si. The van der Waals surface area contributed by atoms with E-state index < -0.39 is 8.80 Å². The Hall–Kier alpha value is -0.443. The molecule has 0 fully saturated rings. The van der Waals surface area contributed by atoms with Gasteiger partial charge in [0.15, 0.2) is 0 Å². The molecule has 0 saturated heterocycles. The van der Waals surface area contributed by atoms with Crippen molar-refractivity contribution in [3.8, 4) is 0 Å². The van der Waals surface area contributed by atoms with E-state index in [2.05, 4.69) is 32.9 Å². The van der Waals surface area contributed by atoms with Crippen LogP contribution in [0.1, 0.15) is 26.7 Å². The molecular weight excluding hydrogens is 336 g/mol. The third-order valence-corrected chi connectivity index (χ3v) is 6.82. The quantitative estimate of drug-likeness (QED) is 0.269. The van der Waals surface area contributed by atoms with Crippen LogP contribution >= 0.6 is 0 Å². The third kappa shape index (κ3) is 7.78. The van der Waals surface area contributed by atoms with Crippen LogP contribution in [0.4, 0.5) is 0 Å². The first-order valence-corrected chi connectivity index (χ1v) is 9.42. The predicted octanol–water partition coefficient (Wildman–Crippen LogP) is -1.65. The number of carbonyl (C=O) groups excluding carboxylic acids is 1. The molecule has 23 heavy (non-hydrogen) atoms. The maximum atomic E-state index is 12.0. The second-order valence-electron chi connectivity index (χ2n) is 6.19. The van der Waals surface area contributed by atoms with Crippen LogP contribution in [0.25, 0.3) is 0 Å². The minimum Gasteiger partial charge on any atom is -1.00 e. The SMILES string of the molecule is C=C(C)C(=O)NC(CC[N+](C)(C)CCC)[Si](OC)(OC)OC.[Cl-]. The van der Waals surface area contributed by atoms with Gasteiger partial charge in [0.1, 0.15) is 5.67 Å². The fraction of sp³-hybridized carbons (Fsp3) is 0.800. The second kappa shape index (κ2) is 11.2. The largest absolute Gasteiger partial charge is 1.00 e. The van der Waals surface area contributed by atoms with Gasteiger partial charge in [0, 0.05) is 33.3 Å². The van der Waals surface area contributed by atoms with Gasteiger partial charge in [0.05, 0.1) is 27.2 Å². The molecule has 0 rings (SSSR count). The molecule has 0 aliphatic rings. The number of rotatable bonds is 11. The predicted molar refractivity (Wildman–Crippen MR) is 90.3 cm³/mol. The molecule has 8 heteroatoms. The van der Waals surface area contributed by atoms with Crippen LogP contribution in [-0.2, 0) is 18.1 Å². The Kier molecular flexibility index (Phi) is 12.0. The van der Waals surface area contributed by atoms with Crippen molar-refractivity contribution >= 4 is 14.7 Å². The van der Waals surface area contributed by atoms with Crippen molar-refractivity contribution in [3.05, 3.63) is 12.2 Å². The molecule has 0 aromatic heterocycles. The van der Waals surface area contributed by atoms with Crippen LogP contribution in [0.3, 0.4) is 0 Å². The Balaban J connectivity index is 0. The van der Waals surface area contributed by atoms with Crippen LogP contribution in [0.2, 0.25) is 0 Å². The summed E-state index contributed by atoms with van der Waals surface area (Å²) in [6.45, 7) is 9.49. The summed E-state index contributed by atoms with van der Waals surface area (Å²) in [5.74, 6) is -0.200. The van der Waals surface area contributed by atoms with Crippen molar-refractivity contribution in [2.45, 2.75) is 32.4 Å². The standard InChI is InChI=1S/C15H32N2O4Si.ClH/c1-9-11-17(4,5)12-10-14(16-15(18)13(2)3)22(19-6,20-7)21-8;/h14H,2,9-12H2,1,3-8H3;1H. The van der Waals surface area contributed by atoms with E-state index in [-0.39, 0.29) is 24.0 Å². The number of quaternary nitrogens is 1. The van der Waals surface area contributed by atoms with Crippen LogP contribution in [0.5, 0.6) is 0 Å². The number of hydrogen-bond donors (Lipinski definition) is 1. The summed E-state index contributed by atoms with van der Waals surface area (Å²) < 4.78 is 17.5. The number of amides is 1. The monoisotopic (exact) mass is 368 g/mol. The molecule has 138 valence electrons. The topological polar surface area (TPSA) is 56.8 Å². The Morgan fingerprint density at radius 2 is 1.65 bits per heavy atom. The molecule has 0 aliphatic carbocycles. The lowest BCUT2D eigenvalue weighted by Gasteiger charge is -2.36. The summed E-state index contributed by atoms with van der Waals surface area (Å²) in [5.41, 5.74) is 0.157. The molecule has 1 unspecified atom stereocenters. The summed E-state index contributed by atoms with van der Waals surface area (Å²) in [5, 5.41) is 2.96. The Bertz CT molecular complexity index is 368. The third-order valence-electron chi connectivity index (χ3n) is 3.83. The summed E-state index contributed by atoms with van der Waals surface area (Å²) in [7, 11) is 6.08. The maximum absolute atomic E-state index is 12.0. The van der Waals surface area contributed by atoms with E-state index in [1.807, 2.05) is 0 Å². The zero-order chi connectivity index (χ0) is 17.4. The van der Waals surface area contributed by atoms with Gasteiger partial charge in [-0.05, 0) is 13.3 Å². The van der Waals surface area contributed by atoms with Crippen molar-refractivity contribution in [2.75, 3.05) is 48.5 Å². The first-order valence-electron chi connectivity index (χ1n) is 7.61. The summed E-state index contributed by atoms with van der Waals surface area (Å²) in [6.07, 6.45) is 1.82. The lowest BCUT2D eigenvalue weighted by atomic mass is 10.3. The van der Waals surface area contributed by atoms with E-state index >= 15 is 0 Å². The van der Waals surface area contributed by atoms with Gasteiger partial charge in [-0.15, -0.1) is 0 Å². The minimum absolute atomic E-state index is 0. The van der Waals surface area contributed by atoms with Gasteiger partial charge in [-0.25, -0.2) is 0 Å². The Morgan fingerprint density at radius 3 is 2.00 bits per heavy atom. The molecule has 1 amide bonds. The molecule has 0 aromatic rings. The molecule has 0 bridgehead atoms. The number of nitrogens with zero attached hydrogens (tertiary/aromatic N) is 1. The zero-order valence-electron chi connectivity index (χ0n) is 15.6. The van der Waals surface area contributed by atoms with Crippen LogP contribution in [0, 0.1) is 0 Å². The van der Waals surface area contributed by atoms with Crippen molar-refractivity contribution < 1.29 is 35.0 Å². The zero-order valence-corrected chi connectivity index (χ0v) is 17.3. The highest BCUT2D eigenvalue weighted by Crippen LogP contribution is 2.17. The number of hydrogen-bond acceptors (Lipinski definition) is 4. The molecule has 0 radical (unpaired) electrons. The van der Waals surface area contributed by atoms with E-state index in [0.29, 0.717) is 12.0 Å². The van der Waals surface area contributed by atoms with Gasteiger partial charge in [-0.3, -0.25) is 4.79 Å². The molecule has 0 heterocycles. The molecule has 0 spiro atoms. The molecule has 0 aliphatic heterocycles. The molecule has 6 nitrogen and oxygen atoms in total. The molecule has 1 atom stereocenters. The number of halogens is 1. The van der Waals surface area contributed by atoms with Crippen LogP contribution in [0.15, 0.2) is 12.2 Å². The highest BCUT2D eigenvalue weighted by molar-refractivity contribution is 6.62. The van der Waals surface area contributed by atoms with E-state index in [4.69, 9.17) is 13.3 Å². The van der Waals surface area contributed by atoms with Crippen LogP contribution in [-0.4, -0.2) is 73.4 Å². The van der Waals surface area contributed by atoms with Crippen LogP contribution < -0.4 is 17.7 Å². The first-order chi connectivity index (χ1) is 10.2.